The zero-order valence-corrected chi connectivity index (χ0v) is 14.3. The van der Waals surface area contributed by atoms with Gasteiger partial charge >= 0.3 is 8.80 Å². The maximum absolute atomic E-state index is 5.53. The monoisotopic (exact) mass is 299 g/mol. The molecule has 0 aromatic heterocycles. The van der Waals surface area contributed by atoms with Gasteiger partial charge in [0.2, 0.25) is 0 Å². The lowest BCUT2D eigenvalue weighted by Crippen LogP contribution is -2.52. The summed E-state index contributed by atoms with van der Waals surface area (Å²) in [5.41, 5.74) is 0. The van der Waals surface area contributed by atoms with Gasteiger partial charge in [0, 0.05) is 34.4 Å². The van der Waals surface area contributed by atoms with E-state index in [9.17, 15) is 0 Å². The fourth-order valence-corrected chi connectivity index (χ4v) is 8.33. The Morgan fingerprint density at radius 2 is 1.47 bits per heavy atom. The van der Waals surface area contributed by atoms with Gasteiger partial charge in [-0.2, -0.15) is 0 Å². The maximum Gasteiger partial charge on any atom is 0.514 e. The summed E-state index contributed by atoms with van der Waals surface area (Å²) in [6.07, 6.45) is 0.973. The highest BCUT2D eigenvalue weighted by Crippen LogP contribution is 2.37. The Morgan fingerprint density at radius 3 is 1.76 bits per heavy atom. The lowest BCUT2D eigenvalue weighted by Gasteiger charge is -2.31. The zero-order valence-electron chi connectivity index (χ0n) is 11.7. The first-order valence-electron chi connectivity index (χ1n) is 5.87. The highest BCUT2D eigenvalue weighted by molar-refractivity contribution is 8.76. The number of hydrogen-bond acceptors (Lipinski definition) is 6. The van der Waals surface area contributed by atoms with Gasteiger partial charge < -0.3 is 13.3 Å². The molecule has 0 radical (unpaired) electrons. The molecule has 0 aromatic rings. The summed E-state index contributed by atoms with van der Waals surface area (Å²) in [5.74, 6) is 0. The van der Waals surface area contributed by atoms with E-state index in [4.69, 9.17) is 13.3 Å². The van der Waals surface area contributed by atoms with Crippen LogP contribution in [0.3, 0.4) is 0 Å². The van der Waals surface area contributed by atoms with E-state index in [0.29, 0.717) is 0 Å². The van der Waals surface area contributed by atoms with Crippen molar-refractivity contribution >= 4 is 30.6 Å². The van der Waals surface area contributed by atoms with Gasteiger partial charge in [-0.25, -0.2) is 4.31 Å². The summed E-state index contributed by atoms with van der Waals surface area (Å²) in [7, 11) is 6.05. The fourth-order valence-electron chi connectivity index (χ4n) is 1.46. The number of nitrogens with zero attached hydrogens (tertiary/aromatic N) is 1. The van der Waals surface area contributed by atoms with Crippen molar-refractivity contribution in [3.05, 3.63) is 0 Å². The van der Waals surface area contributed by atoms with Gasteiger partial charge in [0.1, 0.15) is 0 Å². The van der Waals surface area contributed by atoms with Crippen LogP contribution in [-0.2, 0) is 13.3 Å². The van der Waals surface area contributed by atoms with Crippen molar-refractivity contribution in [1.82, 2.24) is 4.31 Å². The number of hydrogen-bond donors (Lipinski definition) is 0. The summed E-state index contributed by atoms with van der Waals surface area (Å²) in [5, 5.41) is 0. The quantitative estimate of drug-likeness (QED) is 0.350. The summed E-state index contributed by atoms with van der Waals surface area (Å²) in [6.45, 7) is 8.52. The molecule has 0 N–H and O–H groups in total. The SMILES string of the molecule is CCC(SSN(CC)CC)[Si](OC)(OC)OC. The van der Waals surface area contributed by atoms with Crippen molar-refractivity contribution < 1.29 is 13.3 Å². The molecule has 0 bridgehead atoms. The fraction of sp³-hybridized carbons (Fsp3) is 1.00. The predicted molar refractivity (Wildman–Crippen MR) is 79.0 cm³/mol. The molecule has 0 saturated carbocycles. The van der Waals surface area contributed by atoms with E-state index in [1.165, 1.54) is 0 Å². The molecule has 0 spiro atoms. The van der Waals surface area contributed by atoms with Crippen molar-refractivity contribution in [1.29, 1.82) is 0 Å². The molecule has 7 heteroatoms. The molecule has 0 amide bonds. The Hall–Kier alpha value is 0.757. The van der Waals surface area contributed by atoms with E-state index in [0.717, 1.165) is 19.5 Å². The van der Waals surface area contributed by atoms with E-state index in [1.807, 2.05) is 0 Å². The highest BCUT2D eigenvalue weighted by Gasteiger charge is 2.47. The van der Waals surface area contributed by atoms with Crippen LogP contribution in [-0.4, -0.2) is 52.4 Å². The lowest BCUT2D eigenvalue weighted by atomic mass is 10.6. The molecule has 0 aromatic carbocycles. The molecule has 1 unspecified atom stereocenters. The van der Waals surface area contributed by atoms with Gasteiger partial charge in [-0.1, -0.05) is 31.6 Å². The molecule has 0 fully saturated rings. The summed E-state index contributed by atoms with van der Waals surface area (Å²) in [6, 6.07) is 0. The molecule has 4 nitrogen and oxygen atoms in total. The predicted octanol–water partition coefficient (Wildman–Crippen LogP) is 2.82. The Balaban J connectivity index is 4.48. The molecule has 1 atom stereocenters. The third-order valence-corrected chi connectivity index (χ3v) is 10.2. The molecule has 104 valence electrons. The molecule has 0 aliphatic rings. The molecule has 17 heavy (non-hydrogen) atoms. The Kier molecular flexibility index (Phi) is 10.1. The normalized spacial score (nSPS) is 14.3. The molecular formula is C10H25NO3S2Si. The van der Waals surface area contributed by atoms with E-state index in [-0.39, 0.29) is 4.87 Å². The third-order valence-electron chi connectivity index (χ3n) is 2.59. The van der Waals surface area contributed by atoms with Crippen LogP contribution in [0.1, 0.15) is 27.2 Å². The summed E-state index contributed by atoms with van der Waals surface area (Å²) < 4.78 is 18.9. The minimum absolute atomic E-state index is 0.257. The maximum atomic E-state index is 5.53. The minimum atomic E-state index is -2.52. The van der Waals surface area contributed by atoms with Crippen LogP contribution in [0, 0.1) is 0 Å². The average Bonchev–Trinajstić information content (AvgIpc) is 2.39. The second-order valence-electron chi connectivity index (χ2n) is 3.40. The van der Waals surface area contributed by atoms with Crippen LogP contribution in [0.5, 0.6) is 0 Å². The van der Waals surface area contributed by atoms with Crippen molar-refractivity contribution in [3.8, 4) is 0 Å². The first-order valence-corrected chi connectivity index (χ1v) is 9.84. The Morgan fingerprint density at radius 1 is 1.00 bits per heavy atom. The van der Waals surface area contributed by atoms with Crippen LogP contribution in [0.15, 0.2) is 0 Å². The van der Waals surface area contributed by atoms with Gasteiger partial charge in [0.25, 0.3) is 0 Å². The Labute approximate surface area is 115 Å². The van der Waals surface area contributed by atoms with Gasteiger partial charge in [0.15, 0.2) is 0 Å². The molecule has 0 heterocycles. The van der Waals surface area contributed by atoms with Gasteiger partial charge in [-0.15, -0.1) is 0 Å². The van der Waals surface area contributed by atoms with Gasteiger partial charge in [-0.05, 0) is 17.4 Å². The summed E-state index contributed by atoms with van der Waals surface area (Å²) >= 11 is 0. The largest absolute Gasteiger partial charge is 0.514 e. The molecule has 0 aliphatic carbocycles. The van der Waals surface area contributed by atoms with Crippen LogP contribution < -0.4 is 0 Å². The lowest BCUT2D eigenvalue weighted by molar-refractivity contribution is 0.121. The molecule has 0 rings (SSSR count). The second kappa shape index (κ2) is 9.66. The molecular weight excluding hydrogens is 274 g/mol. The van der Waals surface area contributed by atoms with Crippen LogP contribution in [0.2, 0.25) is 0 Å². The number of rotatable bonds is 10. The van der Waals surface area contributed by atoms with E-state index in [1.54, 1.807) is 43.1 Å². The first kappa shape index (κ1) is 17.8. The van der Waals surface area contributed by atoms with E-state index >= 15 is 0 Å². The van der Waals surface area contributed by atoms with Crippen molar-refractivity contribution in [3.63, 3.8) is 0 Å². The van der Waals surface area contributed by atoms with Crippen molar-refractivity contribution in [2.24, 2.45) is 0 Å². The van der Waals surface area contributed by atoms with Gasteiger partial charge in [-0.3, -0.25) is 0 Å². The van der Waals surface area contributed by atoms with Crippen molar-refractivity contribution in [2.75, 3.05) is 34.4 Å². The smallest absolute Gasteiger partial charge is 0.376 e. The Bertz CT molecular complexity index is 184. The second-order valence-corrected chi connectivity index (χ2v) is 9.40. The van der Waals surface area contributed by atoms with Crippen molar-refractivity contribution in [2.45, 2.75) is 32.1 Å². The van der Waals surface area contributed by atoms with E-state index < -0.39 is 8.80 Å². The first-order chi connectivity index (χ1) is 8.13. The highest BCUT2D eigenvalue weighted by atomic mass is 33.1. The van der Waals surface area contributed by atoms with Gasteiger partial charge in [0.05, 0.1) is 4.87 Å². The molecule has 0 aliphatic heterocycles. The average molecular weight is 300 g/mol. The van der Waals surface area contributed by atoms with Crippen LogP contribution in [0.4, 0.5) is 0 Å². The summed E-state index contributed by atoms with van der Waals surface area (Å²) in [4.78, 5) is 0.257. The third kappa shape index (κ3) is 5.10. The molecule has 0 saturated heterocycles. The zero-order chi connectivity index (χ0) is 13.3. The van der Waals surface area contributed by atoms with E-state index in [2.05, 4.69) is 25.1 Å². The van der Waals surface area contributed by atoms with Crippen LogP contribution in [0.25, 0.3) is 0 Å². The minimum Gasteiger partial charge on any atom is -0.376 e. The van der Waals surface area contributed by atoms with Crippen LogP contribution >= 0.6 is 21.8 Å². The standard InChI is InChI=1S/C10H25NO3S2Si/c1-7-10(15-16-11(8-2)9-3)17(12-4,13-5)14-6/h10H,7-9H2,1-6H3. The topological polar surface area (TPSA) is 30.9 Å².